The van der Waals surface area contributed by atoms with Gasteiger partial charge in [-0.05, 0) is 43.4 Å². The molecule has 0 saturated carbocycles. The number of rotatable bonds is 10. The van der Waals surface area contributed by atoms with Crippen LogP contribution in [0.4, 0.5) is 5.13 Å². The van der Waals surface area contributed by atoms with E-state index in [1.165, 1.54) is 23.5 Å². The maximum atomic E-state index is 13.6. The standard InChI is InChI=1S/C23H29N3O4S2.ClH/c1-5-25(6-2)14-15-26(23-24-21-19(30-4)12-9-13-20(21)31-23)22(27)17-10-8-11-18(16-17)32(28,29)7-3;/h8-13,16H,5-7,14-15H2,1-4H3;1H. The Morgan fingerprint density at radius 2 is 1.76 bits per heavy atom. The summed E-state index contributed by atoms with van der Waals surface area (Å²) in [6.45, 7) is 8.61. The number of sulfone groups is 1. The minimum Gasteiger partial charge on any atom is -0.494 e. The molecule has 1 amide bonds. The zero-order valence-corrected chi connectivity index (χ0v) is 21.7. The number of nitrogens with zero attached hydrogens (tertiary/aromatic N) is 3. The number of benzene rings is 2. The molecule has 7 nitrogen and oxygen atoms in total. The third kappa shape index (κ3) is 6.03. The summed E-state index contributed by atoms with van der Waals surface area (Å²) >= 11 is 1.42. The van der Waals surface area contributed by atoms with Crippen molar-refractivity contribution in [2.75, 3.05) is 43.9 Å². The molecule has 2 aromatic carbocycles. The Morgan fingerprint density at radius 1 is 1.06 bits per heavy atom. The number of para-hydroxylation sites is 1. The third-order valence-electron chi connectivity index (χ3n) is 5.42. The molecule has 0 radical (unpaired) electrons. The lowest BCUT2D eigenvalue weighted by Crippen LogP contribution is -2.39. The smallest absolute Gasteiger partial charge is 0.260 e. The van der Waals surface area contributed by atoms with E-state index in [2.05, 4.69) is 18.7 Å². The number of anilines is 1. The molecule has 1 aromatic heterocycles. The number of halogens is 1. The molecular formula is C23H30ClN3O4S2. The largest absolute Gasteiger partial charge is 0.494 e. The Morgan fingerprint density at radius 3 is 2.39 bits per heavy atom. The zero-order valence-electron chi connectivity index (χ0n) is 19.3. The molecule has 3 rings (SSSR count). The minimum absolute atomic E-state index is 0. The molecule has 0 N–H and O–H groups in total. The molecule has 0 bridgehead atoms. The van der Waals surface area contributed by atoms with Gasteiger partial charge in [-0.1, -0.05) is 44.2 Å². The van der Waals surface area contributed by atoms with Gasteiger partial charge in [-0.25, -0.2) is 13.4 Å². The first-order chi connectivity index (χ1) is 15.3. The molecule has 10 heteroatoms. The lowest BCUT2D eigenvalue weighted by atomic mass is 10.2. The maximum absolute atomic E-state index is 13.6. The van der Waals surface area contributed by atoms with Crippen molar-refractivity contribution in [1.29, 1.82) is 0 Å². The van der Waals surface area contributed by atoms with Crippen molar-refractivity contribution in [2.45, 2.75) is 25.7 Å². The summed E-state index contributed by atoms with van der Waals surface area (Å²) in [7, 11) is -1.82. The second-order valence-corrected chi connectivity index (χ2v) is 10.5. The Bertz CT molecular complexity index is 1190. The van der Waals surface area contributed by atoms with Crippen LogP contribution in [-0.2, 0) is 9.84 Å². The number of hydrogen-bond acceptors (Lipinski definition) is 7. The molecule has 0 spiro atoms. The third-order valence-corrected chi connectivity index (χ3v) is 8.20. The van der Waals surface area contributed by atoms with Crippen LogP contribution < -0.4 is 9.64 Å². The molecule has 0 aliphatic rings. The van der Waals surface area contributed by atoms with Gasteiger partial charge < -0.3 is 9.64 Å². The summed E-state index contributed by atoms with van der Waals surface area (Å²) in [6, 6.07) is 11.9. The second kappa shape index (κ2) is 11.8. The number of fused-ring (bicyclic) bond motifs is 1. The van der Waals surface area contributed by atoms with Crippen molar-refractivity contribution in [2.24, 2.45) is 0 Å². The van der Waals surface area contributed by atoms with Crippen molar-refractivity contribution in [3.63, 3.8) is 0 Å². The van der Waals surface area contributed by atoms with Crippen LogP contribution in [0, 0.1) is 0 Å². The van der Waals surface area contributed by atoms with Crippen LogP contribution in [0.5, 0.6) is 5.75 Å². The van der Waals surface area contributed by atoms with Crippen molar-refractivity contribution < 1.29 is 17.9 Å². The highest BCUT2D eigenvalue weighted by Gasteiger charge is 2.24. The van der Waals surface area contributed by atoms with E-state index in [0.29, 0.717) is 35.1 Å². The van der Waals surface area contributed by atoms with Gasteiger partial charge in [0.2, 0.25) is 0 Å². The van der Waals surface area contributed by atoms with E-state index in [1.54, 1.807) is 31.1 Å². The van der Waals surface area contributed by atoms with E-state index in [-0.39, 0.29) is 29.0 Å². The normalized spacial score (nSPS) is 11.4. The van der Waals surface area contributed by atoms with Crippen LogP contribution in [0.1, 0.15) is 31.1 Å². The number of ether oxygens (including phenoxy) is 1. The number of carbonyl (C=O) groups is 1. The number of amides is 1. The molecular weight excluding hydrogens is 482 g/mol. The SMILES string of the molecule is CCN(CC)CCN(C(=O)c1cccc(S(=O)(=O)CC)c1)c1nc2c(OC)cccc2s1.Cl. The first-order valence-electron chi connectivity index (χ1n) is 10.6. The Kier molecular flexibility index (Phi) is 9.66. The molecule has 0 saturated heterocycles. The van der Waals surface area contributed by atoms with Gasteiger partial charge in [-0.15, -0.1) is 12.4 Å². The van der Waals surface area contributed by atoms with E-state index >= 15 is 0 Å². The Balaban J connectivity index is 0.00000385. The maximum Gasteiger partial charge on any atom is 0.260 e. The molecule has 0 aliphatic heterocycles. The first kappa shape index (κ1) is 27.0. The van der Waals surface area contributed by atoms with Gasteiger partial charge in [0.15, 0.2) is 15.0 Å². The molecule has 0 aliphatic carbocycles. The fourth-order valence-electron chi connectivity index (χ4n) is 3.40. The van der Waals surface area contributed by atoms with E-state index in [9.17, 15) is 13.2 Å². The van der Waals surface area contributed by atoms with Crippen molar-refractivity contribution >= 4 is 54.8 Å². The van der Waals surface area contributed by atoms with Crippen LogP contribution in [0.15, 0.2) is 47.4 Å². The Labute approximate surface area is 205 Å². The summed E-state index contributed by atoms with van der Waals surface area (Å²) in [6.07, 6.45) is 0. The average molecular weight is 512 g/mol. The number of likely N-dealkylation sites (N-methyl/N-ethyl adjacent to an activating group) is 1. The highest BCUT2D eigenvalue weighted by molar-refractivity contribution is 7.91. The fraction of sp³-hybridized carbons (Fsp3) is 0.391. The van der Waals surface area contributed by atoms with Gasteiger partial charge in [-0.3, -0.25) is 9.69 Å². The topological polar surface area (TPSA) is 79.8 Å². The van der Waals surface area contributed by atoms with Gasteiger partial charge in [0, 0.05) is 18.7 Å². The quantitative estimate of drug-likeness (QED) is 0.398. The number of hydrogen-bond donors (Lipinski definition) is 0. The number of carbonyl (C=O) groups excluding carboxylic acids is 1. The zero-order chi connectivity index (χ0) is 23.3. The Hall–Kier alpha value is -2.20. The first-order valence-corrected chi connectivity index (χ1v) is 13.1. The van der Waals surface area contributed by atoms with Gasteiger partial charge in [0.25, 0.3) is 5.91 Å². The van der Waals surface area contributed by atoms with E-state index < -0.39 is 9.84 Å². The summed E-state index contributed by atoms with van der Waals surface area (Å²) in [5.41, 5.74) is 1.03. The summed E-state index contributed by atoms with van der Waals surface area (Å²) in [5.74, 6) is 0.356. The van der Waals surface area contributed by atoms with Crippen molar-refractivity contribution in [1.82, 2.24) is 9.88 Å². The molecule has 3 aromatic rings. The highest BCUT2D eigenvalue weighted by Crippen LogP contribution is 2.34. The predicted molar refractivity (Wildman–Crippen MR) is 137 cm³/mol. The molecule has 0 atom stereocenters. The van der Waals surface area contributed by atoms with Crippen LogP contribution in [0.25, 0.3) is 10.2 Å². The second-order valence-electron chi connectivity index (χ2n) is 7.22. The molecule has 180 valence electrons. The van der Waals surface area contributed by atoms with Crippen LogP contribution in [-0.4, -0.2) is 63.3 Å². The molecule has 0 unspecified atom stereocenters. The summed E-state index contributed by atoms with van der Waals surface area (Å²) in [5, 5.41) is 0.561. The summed E-state index contributed by atoms with van der Waals surface area (Å²) in [4.78, 5) is 22.3. The van der Waals surface area contributed by atoms with E-state index in [1.807, 2.05) is 18.2 Å². The number of aromatic nitrogens is 1. The van der Waals surface area contributed by atoms with Crippen molar-refractivity contribution in [3.8, 4) is 5.75 Å². The lowest BCUT2D eigenvalue weighted by molar-refractivity contribution is 0.0983. The predicted octanol–water partition coefficient (Wildman–Crippen LogP) is 4.51. The summed E-state index contributed by atoms with van der Waals surface area (Å²) < 4.78 is 31.0. The van der Waals surface area contributed by atoms with Gasteiger partial charge in [-0.2, -0.15) is 0 Å². The van der Waals surface area contributed by atoms with Crippen molar-refractivity contribution in [3.05, 3.63) is 48.0 Å². The van der Waals surface area contributed by atoms with Crippen LogP contribution >= 0.6 is 23.7 Å². The number of thiazole rings is 1. The monoisotopic (exact) mass is 511 g/mol. The molecule has 1 heterocycles. The van der Waals surface area contributed by atoms with E-state index in [0.717, 1.165) is 17.8 Å². The van der Waals surface area contributed by atoms with Gasteiger partial charge >= 0.3 is 0 Å². The lowest BCUT2D eigenvalue weighted by Gasteiger charge is -2.25. The van der Waals surface area contributed by atoms with E-state index in [4.69, 9.17) is 9.72 Å². The van der Waals surface area contributed by atoms with Crippen LogP contribution in [0.2, 0.25) is 0 Å². The van der Waals surface area contributed by atoms with Crippen LogP contribution in [0.3, 0.4) is 0 Å². The molecule has 33 heavy (non-hydrogen) atoms. The number of methoxy groups -OCH3 is 1. The van der Waals surface area contributed by atoms with Gasteiger partial charge in [0.05, 0.1) is 22.5 Å². The minimum atomic E-state index is -3.42. The highest BCUT2D eigenvalue weighted by atomic mass is 35.5. The van der Waals surface area contributed by atoms with Gasteiger partial charge in [0.1, 0.15) is 11.3 Å². The molecule has 0 fully saturated rings. The fourth-order valence-corrected chi connectivity index (χ4v) is 5.34. The average Bonchev–Trinajstić information content (AvgIpc) is 3.25.